The summed E-state index contributed by atoms with van der Waals surface area (Å²) >= 11 is 0. The molecule has 1 fully saturated rings. The summed E-state index contributed by atoms with van der Waals surface area (Å²) in [6.45, 7) is 15.4. The van der Waals surface area contributed by atoms with E-state index in [9.17, 15) is 4.79 Å². The van der Waals surface area contributed by atoms with Gasteiger partial charge >= 0.3 is 0 Å². The number of nitrogens with zero attached hydrogens (tertiary/aromatic N) is 1. The van der Waals surface area contributed by atoms with Crippen LogP contribution in [0.4, 0.5) is 0 Å². The number of hydrogen-bond acceptors (Lipinski definition) is 3. The molecule has 1 heterocycles. The highest BCUT2D eigenvalue weighted by Gasteiger charge is 2.25. The molecule has 0 bridgehead atoms. The van der Waals surface area contributed by atoms with Gasteiger partial charge in [0.15, 0.2) is 0 Å². The second kappa shape index (κ2) is 9.59. The summed E-state index contributed by atoms with van der Waals surface area (Å²) in [5.74, 6) is 1.76. The number of rotatable bonds is 7. The number of carbonyl (C=O) groups excluding carboxylic acids is 1. The van der Waals surface area contributed by atoms with E-state index < -0.39 is 0 Å². The number of carbonyl (C=O) groups is 1. The molecule has 0 aromatic heterocycles. The van der Waals surface area contributed by atoms with Gasteiger partial charge in [0.05, 0.1) is 0 Å². The van der Waals surface area contributed by atoms with E-state index in [1.165, 1.54) is 5.56 Å². The highest BCUT2D eigenvalue weighted by molar-refractivity contribution is 5.76. The number of nitrogens with one attached hydrogen (secondary N) is 1. The standard InChI is InChI=1S/C23H38N2O2/c1-17(2)19-7-9-21(10-8-19)27-18(3)16-24-20-11-13-25(14-12-20)22(26)15-23(4,5)6/h7-10,17-18,20,24H,11-16H2,1-6H3. The molecule has 1 N–H and O–H groups in total. The Hall–Kier alpha value is -1.55. The lowest BCUT2D eigenvalue weighted by Gasteiger charge is -2.34. The zero-order valence-corrected chi connectivity index (χ0v) is 18.0. The van der Waals surface area contributed by atoms with Gasteiger partial charge in [-0.05, 0) is 48.8 Å². The lowest BCUT2D eigenvalue weighted by atomic mass is 9.91. The summed E-state index contributed by atoms with van der Waals surface area (Å²) in [7, 11) is 0. The van der Waals surface area contributed by atoms with Crippen LogP contribution in [0, 0.1) is 5.41 Å². The van der Waals surface area contributed by atoms with Crippen molar-refractivity contribution in [3.63, 3.8) is 0 Å². The lowest BCUT2D eigenvalue weighted by molar-refractivity contribution is -0.134. The first kappa shape index (κ1) is 21.7. The molecule has 1 atom stereocenters. The van der Waals surface area contributed by atoms with Gasteiger partial charge in [-0.1, -0.05) is 46.8 Å². The molecule has 1 aromatic rings. The Morgan fingerprint density at radius 3 is 2.26 bits per heavy atom. The Labute approximate surface area is 165 Å². The highest BCUT2D eigenvalue weighted by atomic mass is 16.5. The zero-order valence-electron chi connectivity index (χ0n) is 18.0. The molecule has 152 valence electrons. The number of benzene rings is 1. The Morgan fingerprint density at radius 2 is 1.74 bits per heavy atom. The maximum atomic E-state index is 12.3. The summed E-state index contributed by atoms with van der Waals surface area (Å²) in [5, 5.41) is 3.62. The molecular formula is C23H38N2O2. The van der Waals surface area contributed by atoms with E-state index in [1.54, 1.807) is 0 Å². The summed E-state index contributed by atoms with van der Waals surface area (Å²) in [5.41, 5.74) is 1.40. The molecule has 1 unspecified atom stereocenters. The van der Waals surface area contributed by atoms with Crippen LogP contribution >= 0.6 is 0 Å². The molecule has 0 saturated carbocycles. The van der Waals surface area contributed by atoms with Crippen molar-refractivity contribution in [1.82, 2.24) is 10.2 Å². The van der Waals surface area contributed by atoms with Crippen molar-refractivity contribution in [2.75, 3.05) is 19.6 Å². The first-order valence-electron chi connectivity index (χ1n) is 10.4. The zero-order chi connectivity index (χ0) is 20.0. The van der Waals surface area contributed by atoms with Crippen molar-refractivity contribution in [2.24, 2.45) is 5.41 Å². The molecule has 0 spiro atoms. The Morgan fingerprint density at radius 1 is 1.15 bits per heavy atom. The molecule has 4 nitrogen and oxygen atoms in total. The topological polar surface area (TPSA) is 41.6 Å². The quantitative estimate of drug-likeness (QED) is 0.759. The summed E-state index contributed by atoms with van der Waals surface area (Å²) in [6.07, 6.45) is 2.79. The third-order valence-corrected chi connectivity index (χ3v) is 5.11. The van der Waals surface area contributed by atoms with E-state index in [0.29, 0.717) is 24.3 Å². The lowest BCUT2D eigenvalue weighted by Crippen LogP contribution is -2.47. The maximum Gasteiger partial charge on any atom is 0.223 e. The molecule has 2 rings (SSSR count). The molecule has 0 radical (unpaired) electrons. The fraction of sp³-hybridized carbons (Fsp3) is 0.696. The van der Waals surface area contributed by atoms with Gasteiger partial charge in [0.25, 0.3) is 0 Å². The van der Waals surface area contributed by atoms with Crippen molar-refractivity contribution in [3.8, 4) is 5.75 Å². The van der Waals surface area contributed by atoms with Gasteiger partial charge in [0, 0.05) is 32.1 Å². The van der Waals surface area contributed by atoms with Gasteiger partial charge in [-0.15, -0.1) is 0 Å². The second-order valence-electron chi connectivity index (χ2n) is 9.45. The molecule has 4 heteroatoms. The number of likely N-dealkylation sites (tertiary alicyclic amines) is 1. The van der Waals surface area contributed by atoms with Crippen LogP contribution in [-0.4, -0.2) is 42.6 Å². The molecule has 1 amide bonds. The van der Waals surface area contributed by atoms with Crippen LogP contribution < -0.4 is 10.1 Å². The minimum Gasteiger partial charge on any atom is -0.489 e. The Kier molecular flexibility index (Phi) is 7.72. The smallest absolute Gasteiger partial charge is 0.223 e. The minimum atomic E-state index is 0.0618. The van der Waals surface area contributed by atoms with E-state index >= 15 is 0 Å². The number of amides is 1. The predicted octanol–water partition coefficient (Wildman–Crippen LogP) is 4.59. The van der Waals surface area contributed by atoms with E-state index in [0.717, 1.165) is 38.2 Å². The number of ether oxygens (including phenoxy) is 1. The van der Waals surface area contributed by atoms with Crippen LogP contribution in [0.2, 0.25) is 0 Å². The predicted molar refractivity (Wildman–Crippen MR) is 112 cm³/mol. The van der Waals surface area contributed by atoms with Gasteiger partial charge in [-0.25, -0.2) is 0 Å². The summed E-state index contributed by atoms with van der Waals surface area (Å²) < 4.78 is 6.03. The minimum absolute atomic E-state index is 0.0618. The van der Waals surface area contributed by atoms with Gasteiger partial charge in [-0.2, -0.15) is 0 Å². The van der Waals surface area contributed by atoms with Crippen molar-refractivity contribution in [1.29, 1.82) is 0 Å². The normalized spacial score (nSPS) is 17.2. The molecule has 1 aromatic carbocycles. The third-order valence-electron chi connectivity index (χ3n) is 5.11. The SMILES string of the molecule is CC(CNC1CCN(C(=O)CC(C)(C)C)CC1)Oc1ccc(C(C)C)cc1. The van der Waals surface area contributed by atoms with Crippen molar-refractivity contribution < 1.29 is 9.53 Å². The largest absolute Gasteiger partial charge is 0.489 e. The van der Waals surface area contributed by atoms with Crippen LogP contribution in [0.25, 0.3) is 0 Å². The fourth-order valence-electron chi connectivity index (χ4n) is 3.44. The van der Waals surface area contributed by atoms with E-state index in [2.05, 4.69) is 71.1 Å². The van der Waals surface area contributed by atoms with Crippen molar-refractivity contribution in [2.45, 2.75) is 78.9 Å². The van der Waals surface area contributed by atoms with E-state index in [1.807, 2.05) is 4.90 Å². The van der Waals surface area contributed by atoms with Crippen molar-refractivity contribution in [3.05, 3.63) is 29.8 Å². The third kappa shape index (κ3) is 7.53. The summed E-state index contributed by atoms with van der Waals surface area (Å²) in [6, 6.07) is 8.88. The fourth-order valence-corrected chi connectivity index (χ4v) is 3.44. The van der Waals surface area contributed by atoms with Crippen LogP contribution in [0.15, 0.2) is 24.3 Å². The molecule has 1 aliphatic heterocycles. The van der Waals surface area contributed by atoms with Gasteiger partial charge in [-0.3, -0.25) is 4.79 Å². The first-order chi connectivity index (χ1) is 12.6. The van der Waals surface area contributed by atoms with Crippen LogP contribution in [0.1, 0.15) is 72.3 Å². The molecule has 27 heavy (non-hydrogen) atoms. The average molecular weight is 375 g/mol. The van der Waals surface area contributed by atoms with Crippen LogP contribution in [-0.2, 0) is 4.79 Å². The second-order valence-corrected chi connectivity index (χ2v) is 9.45. The van der Waals surface area contributed by atoms with Crippen LogP contribution in [0.5, 0.6) is 5.75 Å². The monoisotopic (exact) mass is 374 g/mol. The molecule has 0 aliphatic carbocycles. The van der Waals surface area contributed by atoms with Gasteiger partial charge in [0.1, 0.15) is 11.9 Å². The van der Waals surface area contributed by atoms with Gasteiger partial charge < -0.3 is 15.0 Å². The van der Waals surface area contributed by atoms with E-state index in [-0.39, 0.29) is 11.5 Å². The number of piperidine rings is 1. The Balaban J connectivity index is 1.69. The van der Waals surface area contributed by atoms with E-state index in [4.69, 9.17) is 4.74 Å². The maximum absolute atomic E-state index is 12.3. The molecule has 1 saturated heterocycles. The van der Waals surface area contributed by atoms with Crippen LogP contribution in [0.3, 0.4) is 0 Å². The van der Waals surface area contributed by atoms with Gasteiger partial charge in [0.2, 0.25) is 5.91 Å². The molecular weight excluding hydrogens is 336 g/mol. The highest BCUT2D eigenvalue weighted by Crippen LogP contribution is 2.22. The Bertz CT molecular complexity index is 581. The first-order valence-corrected chi connectivity index (χ1v) is 10.4. The molecule has 1 aliphatic rings. The average Bonchev–Trinajstić information content (AvgIpc) is 2.59. The number of hydrogen-bond donors (Lipinski definition) is 1. The van der Waals surface area contributed by atoms with Crippen molar-refractivity contribution >= 4 is 5.91 Å². The summed E-state index contributed by atoms with van der Waals surface area (Å²) in [4.78, 5) is 14.4.